The maximum Gasteiger partial charge on any atom is 0.238 e. The Bertz CT molecular complexity index is 811. The minimum atomic E-state index is -2.85. The van der Waals surface area contributed by atoms with Crippen LogP contribution in [0.4, 0.5) is 11.4 Å². The normalized spacial score (nSPS) is 25.7. The standard InChI is InChI=1S/C22H34N4O3S/c27-22(17-24-12-14-26(15-13-24)21-9-16-30(28,29)18-21)23-19-5-7-20(8-6-19)25-10-3-1-2-4-11-25/h5-8,21H,1-4,9-18H2,(H,23,27)/t21-/m0/s1. The van der Waals surface area contributed by atoms with Gasteiger partial charge in [-0.05, 0) is 43.5 Å². The Morgan fingerprint density at radius 2 is 1.60 bits per heavy atom. The Labute approximate surface area is 180 Å². The van der Waals surface area contributed by atoms with Gasteiger partial charge in [-0.1, -0.05) is 12.8 Å². The Morgan fingerprint density at radius 1 is 0.933 bits per heavy atom. The predicted molar refractivity (Wildman–Crippen MR) is 121 cm³/mol. The molecule has 30 heavy (non-hydrogen) atoms. The second kappa shape index (κ2) is 9.66. The van der Waals surface area contributed by atoms with E-state index in [0.29, 0.717) is 18.1 Å². The van der Waals surface area contributed by atoms with Gasteiger partial charge >= 0.3 is 0 Å². The Morgan fingerprint density at radius 3 is 2.20 bits per heavy atom. The number of rotatable bonds is 5. The van der Waals surface area contributed by atoms with E-state index in [2.05, 4.69) is 32.1 Å². The van der Waals surface area contributed by atoms with E-state index in [1.54, 1.807) is 0 Å². The van der Waals surface area contributed by atoms with E-state index in [4.69, 9.17) is 0 Å². The number of benzene rings is 1. The quantitative estimate of drug-likeness (QED) is 0.762. The highest BCUT2D eigenvalue weighted by Crippen LogP contribution is 2.22. The second-order valence-corrected chi connectivity index (χ2v) is 11.1. The summed E-state index contributed by atoms with van der Waals surface area (Å²) in [5, 5.41) is 3.02. The minimum absolute atomic E-state index is 0.00872. The first-order valence-electron chi connectivity index (χ1n) is 11.3. The fourth-order valence-corrected chi connectivity index (χ4v) is 6.60. The molecule has 1 aromatic rings. The molecule has 0 spiro atoms. The van der Waals surface area contributed by atoms with Crippen molar-refractivity contribution < 1.29 is 13.2 Å². The van der Waals surface area contributed by atoms with E-state index >= 15 is 0 Å². The summed E-state index contributed by atoms with van der Waals surface area (Å²) in [7, 11) is -2.85. The zero-order chi connectivity index (χ0) is 21.0. The van der Waals surface area contributed by atoms with Crippen molar-refractivity contribution in [2.24, 2.45) is 0 Å². The van der Waals surface area contributed by atoms with E-state index < -0.39 is 9.84 Å². The number of sulfone groups is 1. The second-order valence-electron chi connectivity index (χ2n) is 8.87. The Balaban J connectivity index is 1.21. The molecular weight excluding hydrogens is 400 g/mol. The smallest absolute Gasteiger partial charge is 0.238 e. The summed E-state index contributed by atoms with van der Waals surface area (Å²) in [5.41, 5.74) is 2.08. The lowest BCUT2D eigenvalue weighted by molar-refractivity contribution is -0.117. The highest BCUT2D eigenvalue weighted by molar-refractivity contribution is 7.91. The molecule has 0 aliphatic carbocycles. The monoisotopic (exact) mass is 434 g/mol. The van der Waals surface area contributed by atoms with Crippen LogP contribution in [-0.2, 0) is 14.6 Å². The third-order valence-electron chi connectivity index (χ3n) is 6.62. The highest BCUT2D eigenvalue weighted by Gasteiger charge is 2.33. The minimum Gasteiger partial charge on any atom is -0.372 e. The van der Waals surface area contributed by atoms with Crippen LogP contribution in [0.1, 0.15) is 32.1 Å². The van der Waals surface area contributed by atoms with Crippen LogP contribution >= 0.6 is 0 Å². The number of hydrogen-bond donors (Lipinski definition) is 1. The highest BCUT2D eigenvalue weighted by atomic mass is 32.2. The number of piperazine rings is 1. The first-order chi connectivity index (χ1) is 14.5. The average Bonchev–Trinajstić information content (AvgIpc) is 2.92. The lowest BCUT2D eigenvalue weighted by atomic mass is 10.2. The molecule has 4 rings (SSSR count). The van der Waals surface area contributed by atoms with Crippen molar-refractivity contribution in [1.29, 1.82) is 0 Å². The molecule has 8 heteroatoms. The summed E-state index contributed by atoms with van der Waals surface area (Å²) in [6, 6.07) is 8.37. The van der Waals surface area contributed by atoms with Gasteiger partial charge < -0.3 is 10.2 Å². The zero-order valence-electron chi connectivity index (χ0n) is 17.8. The lowest BCUT2D eigenvalue weighted by Gasteiger charge is -2.37. The van der Waals surface area contributed by atoms with Crippen LogP contribution in [0.3, 0.4) is 0 Å². The van der Waals surface area contributed by atoms with E-state index in [1.807, 2.05) is 12.1 Å². The Hall–Kier alpha value is -1.64. The van der Waals surface area contributed by atoms with Crippen molar-refractivity contribution in [2.45, 2.75) is 38.1 Å². The predicted octanol–water partition coefficient (Wildman–Crippen LogP) is 1.81. The summed E-state index contributed by atoms with van der Waals surface area (Å²) in [4.78, 5) is 19.3. The molecule has 3 aliphatic heterocycles. The van der Waals surface area contributed by atoms with Crippen molar-refractivity contribution >= 4 is 27.1 Å². The molecule has 1 atom stereocenters. The number of amides is 1. The lowest BCUT2D eigenvalue weighted by Crippen LogP contribution is -2.52. The molecule has 0 radical (unpaired) electrons. The summed E-state index contributed by atoms with van der Waals surface area (Å²) >= 11 is 0. The molecule has 3 heterocycles. The number of nitrogens with one attached hydrogen (secondary N) is 1. The molecule has 0 bridgehead atoms. The summed E-state index contributed by atoms with van der Waals surface area (Å²) in [6.07, 6.45) is 5.89. The van der Waals surface area contributed by atoms with Crippen LogP contribution in [0.15, 0.2) is 24.3 Å². The van der Waals surface area contributed by atoms with Crippen molar-refractivity contribution in [2.75, 3.05) is 67.5 Å². The molecule has 0 unspecified atom stereocenters. The summed E-state index contributed by atoms with van der Waals surface area (Å²) in [5.74, 6) is 0.618. The first-order valence-corrected chi connectivity index (χ1v) is 13.1. The van der Waals surface area contributed by atoms with Gasteiger partial charge in [0.2, 0.25) is 5.91 Å². The van der Waals surface area contributed by atoms with Crippen LogP contribution in [-0.4, -0.2) is 87.5 Å². The van der Waals surface area contributed by atoms with Gasteiger partial charge in [-0.25, -0.2) is 8.42 Å². The molecule has 7 nitrogen and oxygen atoms in total. The number of hydrogen-bond acceptors (Lipinski definition) is 6. The molecule has 166 valence electrons. The number of nitrogens with zero attached hydrogens (tertiary/aromatic N) is 3. The first kappa shape index (κ1) is 21.6. The van der Waals surface area contributed by atoms with Crippen molar-refractivity contribution in [3.05, 3.63) is 24.3 Å². The van der Waals surface area contributed by atoms with Crippen molar-refractivity contribution in [3.63, 3.8) is 0 Å². The molecule has 1 aromatic carbocycles. The topological polar surface area (TPSA) is 73.0 Å². The molecule has 3 aliphatic rings. The Kier molecular flexibility index (Phi) is 6.95. The molecule has 0 aromatic heterocycles. The van der Waals surface area contributed by atoms with E-state index in [-0.39, 0.29) is 11.9 Å². The summed E-state index contributed by atoms with van der Waals surface area (Å²) < 4.78 is 23.4. The average molecular weight is 435 g/mol. The fourth-order valence-electron chi connectivity index (χ4n) is 4.84. The number of carbonyl (C=O) groups is 1. The van der Waals surface area contributed by atoms with Gasteiger partial charge in [0.05, 0.1) is 18.1 Å². The number of carbonyl (C=O) groups excluding carboxylic acids is 1. The van der Waals surface area contributed by atoms with Gasteiger partial charge in [0.1, 0.15) is 0 Å². The third-order valence-corrected chi connectivity index (χ3v) is 8.37. The van der Waals surface area contributed by atoms with E-state index in [0.717, 1.165) is 51.4 Å². The van der Waals surface area contributed by atoms with Crippen LogP contribution in [0.5, 0.6) is 0 Å². The largest absolute Gasteiger partial charge is 0.372 e. The van der Waals surface area contributed by atoms with Gasteiger partial charge in [-0.15, -0.1) is 0 Å². The van der Waals surface area contributed by atoms with Crippen molar-refractivity contribution in [3.8, 4) is 0 Å². The molecule has 3 saturated heterocycles. The fraction of sp³-hybridized carbons (Fsp3) is 0.682. The van der Waals surface area contributed by atoms with Crippen LogP contribution < -0.4 is 10.2 Å². The molecule has 1 N–H and O–H groups in total. The van der Waals surface area contributed by atoms with Crippen LogP contribution in [0, 0.1) is 0 Å². The molecule has 3 fully saturated rings. The molecule has 0 saturated carbocycles. The van der Waals surface area contributed by atoms with Crippen LogP contribution in [0.25, 0.3) is 0 Å². The SMILES string of the molecule is O=C(CN1CCN([C@H]2CCS(=O)(=O)C2)CC1)Nc1ccc(N2CCCCCC2)cc1. The maximum absolute atomic E-state index is 12.5. The molecule has 1 amide bonds. The van der Waals surface area contributed by atoms with Crippen LogP contribution in [0.2, 0.25) is 0 Å². The van der Waals surface area contributed by atoms with Gasteiger partial charge in [-0.2, -0.15) is 0 Å². The van der Waals surface area contributed by atoms with E-state index in [9.17, 15) is 13.2 Å². The van der Waals surface area contributed by atoms with Crippen molar-refractivity contribution in [1.82, 2.24) is 9.80 Å². The van der Waals surface area contributed by atoms with Gasteiger partial charge in [0.25, 0.3) is 0 Å². The number of anilines is 2. The van der Waals surface area contributed by atoms with Gasteiger partial charge in [-0.3, -0.25) is 14.6 Å². The van der Waals surface area contributed by atoms with Gasteiger partial charge in [0, 0.05) is 56.7 Å². The van der Waals surface area contributed by atoms with E-state index in [1.165, 1.54) is 31.4 Å². The van der Waals surface area contributed by atoms with Gasteiger partial charge in [0.15, 0.2) is 9.84 Å². The summed E-state index contributed by atoms with van der Waals surface area (Å²) in [6.45, 7) is 5.88. The zero-order valence-corrected chi connectivity index (χ0v) is 18.6. The maximum atomic E-state index is 12.5. The third kappa shape index (κ3) is 5.74. The molecular formula is C22H34N4O3S.